The summed E-state index contributed by atoms with van der Waals surface area (Å²) in [5.41, 5.74) is 0.686. The highest BCUT2D eigenvalue weighted by Crippen LogP contribution is 2.31. The minimum absolute atomic E-state index is 0.0101. The van der Waals surface area contributed by atoms with Gasteiger partial charge in [-0.05, 0) is 19.4 Å². The number of amides is 1. The molecule has 0 saturated heterocycles. The molecule has 1 aromatic carbocycles. The van der Waals surface area contributed by atoms with Crippen molar-refractivity contribution >= 4 is 5.91 Å². The molecular weight excluding hydrogens is 246 g/mol. The molecular formula is C14H21NO4. The molecule has 0 saturated carbocycles. The molecule has 0 spiro atoms. The summed E-state index contributed by atoms with van der Waals surface area (Å²) in [5, 5.41) is 11.9. The van der Waals surface area contributed by atoms with Crippen LogP contribution in [0.25, 0.3) is 0 Å². The van der Waals surface area contributed by atoms with Gasteiger partial charge in [-0.1, -0.05) is 12.1 Å². The summed E-state index contributed by atoms with van der Waals surface area (Å²) in [7, 11) is 1.61. The highest BCUT2D eigenvalue weighted by Gasteiger charge is 2.10. The molecule has 2 N–H and O–H groups in total. The number of carbonyl (C=O) groups is 1. The van der Waals surface area contributed by atoms with Gasteiger partial charge in [0, 0.05) is 19.0 Å². The number of ether oxygens (including phenoxy) is 2. The van der Waals surface area contributed by atoms with Gasteiger partial charge in [0.05, 0.1) is 19.8 Å². The van der Waals surface area contributed by atoms with Gasteiger partial charge in [-0.3, -0.25) is 4.79 Å². The third kappa shape index (κ3) is 4.79. The first-order chi connectivity index (χ1) is 9.22. The van der Waals surface area contributed by atoms with Gasteiger partial charge in [0.2, 0.25) is 5.91 Å². The van der Waals surface area contributed by atoms with Crippen LogP contribution in [0.5, 0.6) is 11.5 Å². The lowest BCUT2D eigenvalue weighted by Gasteiger charge is -2.14. The van der Waals surface area contributed by atoms with Gasteiger partial charge in [0.25, 0.3) is 0 Å². The molecule has 0 aliphatic rings. The number of rotatable bonds is 8. The van der Waals surface area contributed by atoms with Crippen molar-refractivity contribution in [3.63, 3.8) is 0 Å². The van der Waals surface area contributed by atoms with E-state index in [0.29, 0.717) is 43.1 Å². The van der Waals surface area contributed by atoms with Gasteiger partial charge in [-0.25, -0.2) is 0 Å². The molecule has 0 fully saturated rings. The van der Waals surface area contributed by atoms with Crippen molar-refractivity contribution in [1.29, 1.82) is 0 Å². The van der Waals surface area contributed by atoms with Gasteiger partial charge in [-0.2, -0.15) is 0 Å². The maximum atomic E-state index is 11.1. The summed E-state index contributed by atoms with van der Waals surface area (Å²) >= 11 is 0. The first-order valence-corrected chi connectivity index (χ1v) is 6.41. The molecule has 1 rings (SSSR count). The number of aliphatic hydroxyl groups excluding tert-OH is 1. The second-order valence-corrected chi connectivity index (χ2v) is 3.96. The molecule has 0 aliphatic heterocycles. The number of aliphatic hydroxyl groups is 1. The fourth-order valence-corrected chi connectivity index (χ4v) is 1.65. The zero-order valence-corrected chi connectivity index (χ0v) is 11.4. The minimum atomic E-state index is -0.105. The van der Waals surface area contributed by atoms with Crippen LogP contribution in [0.3, 0.4) is 0 Å². The third-order valence-electron chi connectivity index (χ3n) is 2.60. The fraction of sp³-hybridized carbons (Fsp3) is 0.500. The van der Waals surface area contributed by atoms with E-state index < -0.39 is 0 Å². The van der Waals surface area contributed by atoms with Crippen molar-refractivity contribution in [2.75, 3.05) is 20.3 Å². The second kappa shape index (κ2) is 8.37. The number of carbonyl (C=O) groups excluding carboxylic acids is 1. The average Bonchev–Trinajstić information content (AvgIpc) is 2.44. The van der Waals surface area contributed by atoms with Crippen LogP contribution < -0.4 is 14.8 Å². The van der Waals surface area contributed by atoms with Crippen LogP contribution in [0.2, 0.25) is 0 Å². The highest BCUT2D eigenvalue weighted by atomic mass is 16.5. The van der Waals surface area contributed by atoms with Gasteiger partial charge in [0.1, 0.15) is 0 Å². The monoisotopic (exact) mass is 267 g/mol. The predicted molar refractivity (Wildman–Crippen MR) is 72.3 cm³/mol. The van der Waals surface area contributed by atoms with E-state index >= 15 is 0 Å². The molecule has 106 valence electrons. The first-order valence-electron chi connectivity index (χ1n) is 6.41. The Bertz CT molecular complexity index is 406. The summed E-state index contributed by atoms with van der Waals surface area (Å²) in [6, 6.07) is 5.40. The maximum absolute atomic E-state index is 11.1. The normalized spacial score (nSPS) is 10.1. The Morgan fingerprint density at radius 2 is 2.16 bits per heavy atom. The first kappa shape index (κ1) is 15.3. The molecule has 5 heteroatoms. The SMILES string of the molecule is CCOc1cccc(CO)c1OCCCC(=O)NC. The van der Waals surface area contributed by atoms with Crippen molar-refractivity contribution in [1.82, 2.24) is 5.32 Å². The van der Waals surface area contributed by atoms with Gasteiger partial charge < -0.3 is 19.9 Å². The molecule has 1 amide bonds. The third-order valence-corrected chi connectivity index (χ3v) is 2.60. The molecule has 0 aliphatic carbocycles. The highest BCUT2D eigenvalue weighted by molar-refractivity contribution is 5.75. The topological polar surface area (TPSA) is 67.8 Å². The Morgan fingerprint density at radius 1 is 1.37 bits per heavy atom. The van der Waals surface area contributed by atoms with Crippen LogP contribution in [-0.2, 0) is 11.4 Å². The standard InChI is InChI=1S/C14H21NO4/c1-3-18-12-7-4-6-11(10-16)14(12)19-9-5-8-13(17)15-2/h4,6-7,16H,3,5,8-10H2,1-2H3,(H,15,17). The average molecular weight is 267 g/mol. The van der Waals surface area contributed by atoms with E-state index in [2.05, 4.69) is 5.32 Å². The number of nitrogens with one attached hydrogen (secondary N) is 1. The van der Waals surface area contributed by atoms with Gasteiger partial charge in [-0.15, -0.1) is 0 Å². The predicted octanol–water partition coefficient (Wildman–Crippen LogP) is 1.48. The van der Waals surface area contributed by atoms with Crippen LogP contribution in [-0.4, -0.2) is 31.3 Å². The Hall–Kier alpha value is -1.75. The number of hydrogen-bond acceptors (Lipinski definition) is 4. The lowest BCUT2D eigenvalue weighted by molar-refractivity contribution is -0.120. The molecule has 0 bridgehead atoms. The summed E-state index contributed by atoms with van der Waals surface area (Å²) in [6.45, 7) is 2.72. The van der Waals surface area contributed by atoms with Gasteiger partial charge in [0.15, 0.2) is 11.5 Å². The van der Waals surface area contributed by atoms with Crippen molar-refractivity contribution in [3.8, 4) is 11.5 Å². The van der Waals surface area contributed by atoms with Gasteiger partial charge >= 0.3 is 0 Å². The quantitative estimate of drug-likeness (QED) is 0.700. The summed E-state index contributed by atoms with van der Waals surface area (Å²) in [5.74, 6) is 1.17. The maximum Gasteiger partial charge on any atom is 0.219 e. The van der Waals surface area contributed by atoms with Crippen LogP contribution in [0.1, 0.15) is 25.3 Å². The number of hydrogen-bond donors (Lipinski definition) is 2. The molecule has 0 atom stereocenters. The van der Waals surface area contributed by atoms with E-state index in [1.54, 1.807) is 19.2 Å². The second-order valence-electron chi connectivity index (χ2n) is 3.96. The van der Waals surface area contributed by atoms with Crippen LogP contribution in [0.4, 0.5) is 0 Å². The van der Waals surface area contributed by atoms with E-state index in [0.717, 1.165) is 0 Å². The van der Waals surface area contributed by atoms with Crippen molar-refractivity contribution in [3.05, 3.63) is 23.8 Å². The lowest BCUT2D eigenvalue weighted by Crippen LogP contribution is -2.18. The Balaban J connectivity index is 2.61. The summed E-state index contributed by atoms with van der Waals surface area (Å²) < 4.78 is 11.1. The number of benzene rings is 1. The molecule has 0 aromatic heterocycles. The molecule has 0 radical (unpaired) electrons. The largest absolute Gasteiger partial charge is 0.490 e. The van der Waals surface area contributed by atoms with E-state index in [1.165, 1.54) is 0 Å². The Morgan fingerprint density at radius 3 is 2.79 bits per heavy atom. The molecule has 5 nitrogen and oxygen atoms in total. The van der Waals surface area contributed by atoms with Crippen molar-refractivity contribution < 1.29 is 19.4 Å². The lowest BCUT2D eigenvalue weighted by atomic mass is 10.2. The molecule has 1 aromatic rings. The van der Waals surface area contributed by atoms with Crippen molar-refractivity contribution in [2.24, 2.45) is 0 Å². The molecule has 0 heterocycles. The van der Waals surface area contributed by atoms with E-state index in [4.69, 9.17) is 9.47 Å². The smallest absolute Gasteiger partial charge is 0.219 e. The van der Waals surface area contributed by atoms with Crippen LogP contribution >= 0.6 is 0 Å². The Labute approximate surface area is 113 Å². The van der Waals surface area contributed by atoms with Crippen LogP contribution in [0.15, 0.2) is 18.2 Å². The summed E-state index contributed by atoms with van der Waals surface area (Å²) in [6.07, 6.45) is 1.03. The summed E-state index contributed by atoms with van der Waals surface area (Å²) in [4.78, 5) is 11.1. The molecule has 19 heavy (non-hydrogen) atoms. The zero-order chi connectivity index (χ0) is 14.1. The molecule has 0 unspecified atom stereocenters. The minimum Gasteiger partial charge on any atom is -0.490 e. The van der Waals surface area contributed by atoms with Crippen molar-refractivity contribution in [2.45, 2.75) is 26.4 Å². The van der Waals surface area contributed by atoms with E-state index in [1.807, 2.05) is 13.0 Å². The fourth-order valence-electron chi connectivity index (χ4n) is 1.65. The number of para-hydroxylation sites is 1. The Kier molecular flexibility index (Phi) is 6.74. The van der Waals surface area contributed by atoms with E-state index in [-0.39, 0.29) is 12.5 Å². The van der Waals surface area contributed by atoms with Crippen LogP contribution in [0, 0.1) is 0 Å². The zero-order valence-electron chi connectivity index (χ0n) is 11.4. The van der Waals surface area contributed by atoms with E-state index in [9.17, 15) is 9.90 Å².